The zero-order valence-electron chi connectivity index (χ0n) is 13.2. The minimum absolute atomic E-state index is 0.0319. The lowest BCUT2D eigenvalue weighted by Gasteiger charge is -2.02. The van der Waals surface area contributed by atoms with Crippen LogP contribution in [0.4, 0.5) is 5.69 Å². The molecule has 0 atom stereocenters. The van der Waals surface area contributed by atoms with Crippen molar-refractivity contribution in [2.24, 2.45) is 0 Å². The molecule has 0 amide bonds. The van der Waals surface area contributed by atoms with Crippen LogP contribution in [0.5, 0.6) is 0 Å². The molecule has 0 radical (unpaired) electrons. The third-order valence-electron chi connectivity index (χ3n) is 3.41. The van der Waals surface area contributed by atoms with E-state index in [9.17, 15) is 14.9 Å². The summed E-state index contributed by atoms with van der Waals surface area (Å²) >= 11 is 0. The molecule has 8 nitrogen and oxygen atoms in total. The summed E-state index contributed by atoms with van der Waals surface area (Å²) in [5.74, 6) is -0.166. The van der Waals surface area contributed by atoms with E-state index in [-0.39, 0.29) is 24.1 Å². The quantitative estimate of drug-likeness (QED) is 0.398. The molecule has 0 aliphatic carbocycles. The Morgan fingerprint density at radius 3 is 2.44 bits per heavy atom. The molecular weight excluding hydrogens is 326 g/mol. The third kappa shape index (κ3) is 3.86. The normalized spacial score (nSPS) is 10.4. The number of hydrogen-bond acceptors (Lipinski definition) is 7. The Morgan fingerprint density at radius 1 is 1.12 bits per heavy atom. The van der Waals surface area contributed by atoms with Gasteiger partial charge in [-0.3, -0.25) is 10.1 Å². The second-order valence-electron chi connectivity index (χ2n) is 5.25. The number of non-ortho nitro benzene ring substituents is 1. The predicted molar refractivity (Wildman–Crippen MR) is 86.7 cm³/mol. The van der Waals surface area contributed by atoms with Crippen LogP contribution in [0.15, 0.2) is 52.9 Å². The molecular formula is C17H13N3O5. The molecule has 0 spiro atoms. The first-order chi connectivity index (χ1) is 12.0. The Bertz CT molecular complexity index is 901. The fourth-order valence-corrected chi connectivity index (χ4v) is 2.05. The highest BCUT2D eigenvalue weighted by Gasteiger charge is 2.13. The van der Waals surface area contributed by atoms with E-state index in [4.69, 9.17) is 9.15 Å². The highest BCUT2D eigenvalue weighted by molar-refractivity contribution is 5.89. The second-order valence-corrected chi connectivity index (χ2v) is 5.25. The number of esters is 1. The number of carbonyl (C=O) groups excluding carboxylic acids is 1. The van der Waals surface area contributed by atoms with Crippen molar-refractivity contribution in [3.63, 3.8) is 0 Å². The molecule has 1 aromatic heterocycles. The van der Waals surface area contributed by atoms with Gasteiger partial charge in [-0.2, -0.15) is 0 Å². The molecule has 0 fully saturated rings. The van der Waals surface area contributed by atoms with E-state index >= 15 is 0 Å². The molecule has 0 saturated carbocycles. The zero-order valence-corrected chi connectivity index (χ0v) is 13.2. The molecule has 2 aromatic carbocycles. The van der Waals surface area contributed by atoms with Gasteiger partial charge >= 0.3 is 5.97 Å². The number of ether oxygens (including phenoxy) is 1. The molecule has 0 aliphatic rings. The minimum atomic E-state index is -0.493. The van der Waals surface area contributed by atoms with Crippen LogP contribution in [0.25, 0.3) is 11.5 Å². The molecule has 0 saturated heterocycles. The van der Waals surface area contributed by atoms with Crippen molar-refractivity contribution in [3.05, 3.63) is 75.7 Å². The number of nitro groups is 1. The Kier molecular flexibility index (Phi) is 4.51. The molecule has 0 aliphatic heterocycles. The van der Waals surface area contributed by atoms with Crippen LogP contribution in [0.3, 0.4) is 0 Å². The molecule has 0 unspecified atom stereocenters. The van der Waals surface area contributed by atoms with Gasteiger partial charge in [0.15, 0.2) is 6.61 Å². The highest BCUT2D eigenvalue weighted by atomic mass is 16.6. The molecule has 0 N–H and O–H groups in total. The van der Waals surface area contributed by atoms with Crippen LogP contribution < -0.4 is 0 Å². The van der Waals surface area contributed by atoms with Gasteiger partial charge in [0.1, 0.15) is 0 Å². The standard InChI is InChI=1S/C17H13N3O5/c1-11-2-4-13(5-3-11)17(21)24-10-15-18-19-16(25-15)12-6-8-14(9-7-12)20(22)23/h2-9H,10H2,1H3. The van der Waals surface area contributed by atoms with Crippen molar-refractivity contribution >= 4 is 11.7 Å². The van der Waals surface area contributed by atoms with Gasteiger partial charge in [-0.15, -0.1) is 10.2 Å². The summed E-state index contributed by atoms with van der Waals surface area (Å²) in [5.41, 5.74) is 1.98. The zero-order chi connectivity index (χ0) is 17.8. The van der Waals surface area contributed by atoms with Crippen molar-refractivity contribution in [1.29, 1.82) is 0 Å². The van der Waals surface area contributed by atoms with Gasteiger partial charge in [0, 0.05) is 17.7 Å². The molecule has 8 heteroatoms. The molecule has 25 heavy (non-hydrogen) atoms. The molecule has 1 heterocycles. The van der Waals surface area contributed by atoms with Crippen LogP contribution in [-0.4, -0.2) is 21.1 Å². The number of nitro benzene ring substituents is 1. The number of hydrogen-bond donors (Lipinski definition) is 0. The number of rotatable bonds is 5. The Balaban J connectivity index is 1.64. The largest absolute Gasteiger partial charge is 0.452 e. The first-order valence-electron chi connectivity index (χ1n) is 7.34. The average molecular weight is 339 g/mol. The number of nitrogens with zero attached hydrogens (tertiary/aromatic N) is 3. The van der Waals surface area contributed by atoms with Crippen LogP contribution in [0.1, 0.15) is 21.8 Å². The smallest absolute Gasteiger partial charge is 0.338 e. The number of aromatic nitrogens is 2. The molecule has 0 bridgehead atoms. The van der Waals surface area contributed by atoms with Crippen molar-refractivity contribution < 1.29 is 18.9 Å². The van der Waals surface area contributed by atoms with Crippen LogP contribution in [0.2, 0.25) is 0 Å². The van der Waals surface area contributed by atoms with Crippen LogP contribution >= 0.6 is 0 Å². The average Bonchev–Trinajstić information content (AvgIpc) is 3.09. The summed E-state index contributed by atoms with van der Waals surface area (Å²) in [6, 6.07) is 12.7. The molecule has 126 valence electrons. The van der Waals surface area contributed by atoms with Gasteiger partial charge < -0.3 is 9.15 Å². The maximum atomic E-state index is 11.9. The summed E-state index contributed by atoms with van der Waals surface area (Å²) in [6.45, 7) is 1.76. The summed E-state index contributed by atoms with van der Waals surface area (Å²) < 4.78 is 10.5. The van der Waals surface area contributed by atoms with Crippen molar-refractivity contribution in [3.8, 4) is 11.5 Å². The lowest BCUT2D eigenvalue weighted by atomic mass is 10.1. The van der Waals surface area contributed by atoms with E-state index in [1.54, 1.807) is 12.1 Å². The van der Waals surface area contributed by atoms with Crippen LogP contribution in [-0.2, 0) is 11.3 Å². The van der Waals surface area contributed by atoms with Gasteiger partial charge in [0.05, 0.1) is 10.5 Å². The van der Waals surface area contributed by atoms with Gasteiger partial charge in [0.2, 0.25) is 5.89 Å². The summed E-state index contributed by atoms with van der Waals surface area (Å²) in [5, 5.41) is 18.3. The molecule has 3 aromatic rings. The Labute approximate surface area is 142 Å². The monoisotopic (exact) mass is 339 g/mol. The van der Waals surface area contributed by atoms with Crippen molar-refractivity contribution in [2.45, 2.75) is 13.5 Å². The number of aryl methyl sites for hydroxylation is 1. The first kappa shape index (κ1) is 16.3. The number of benzene rings is 2. The fraction of sp³-hybridized carbons (Fsp3) is 0.118. The Hall–Kier alpha value is -3.55. The van der Waals surface area contributed by atoms with Gasteiger partial charge in [0.25, 0.3) is 11.6 Å². The van der Waals surface area contributed by atoms with E-state index in [1.807, 2.05) is 19.1 Å². The van der Waals surface area contributed by atoms with E-state index < -0.39 is 10.9 Å². The summed E-state index contributed by atoms with van der Waals surface area (Å²) in [7, 11) is 0. The van der Waals surface area contributed by atoms with E-state index in [0.717, 1.165) is 5.56 Å². The first-order valence-corrected chi connectivity index (χ1v) is 7.34. The van der Waals surface area contributed by atoms with E-state index in [2.05, 4.69) is 10.2 Å². The highest BCUT2D eigenvalue weighted by Crippen LogP contribution is 2.21. The van der Waals surface area contributed by atoms with E-state index in [1.165, 1.54) is 24.3 Å². The predicted octanol–water partition coefficient (Wildman–Crippen LogP) is 3.31. The SMILES string of the molecule is Cc1ccc(C(=O)OCc2nnc(-c3ccc([N+](=O)[O-])cc3)o2)cc1. The maximum Gasteiger partial charge on any atom is 0.338 e. The van der Waals surface area contributed by atoms with Crippen LogP contribution in [0, 0.1) is 17.0 Å². The van der Waals surface area contributed by atoms with Gasteiger partial charge in [-0.1, -0.05) is 17.7 Å². The summed E-state index contributed by atoms with van der Waals surface area (Å²) in [6.07, 6.45) is 0. The maximum absolute atomic E-state index is 11.9. The molecule has 3 rings (SSSR count). The minimum Gasteiger partial charge on any atom is -0.452 e. The van der Waals surface area contributed by atoms with Gasteiger partial charge in [-0.25, -0.2) is 4.79 Å². The van der Waals surface area contributed by atoms with Crippen molar-refractivity contribution in [2.75, 3.05) is 0 Å². The number of carbonyl (C=O) groups is 1. The third-order valence-corrected chi connectivity index (χ3v) is 3.41. The Morgan fingerprint density at radius 2 is 1.80 bits per heavy atom. The lowest BCUT2D eigenvalue weighted by Crippen LogP contribution is -2.05. The fourth-order valence-electron chi connectivity index (χ4n) is 2.05. The lowest BCUT2D eigenvalue weighted by molar-refractivity contribution is -0.384. The van der Waals surface area contributed by atoms with Crippen molar-refractivity contribution in [1.82, 2.24) is 10.2 Å². The summed E-state index contributed by atoms with van der Waals surface area (Å²) in [4.78, 5) is 22.1. The van der Waals surface area contributed by atoms with Gasteiger partial charge in [-0.05, 0) is 31.2 Å². The topological polar surface area (TPSA) is 108 Å². The van der Waals surface area contributed by atoms with E-state index in [0.29, 0.717) is 11.1 Å². The second kappa shape index (κ2) is 6.91.